The van der Waals surface area contributed by atoms with Crippen molar-refractivity contribution in [3.05, 3.63) is 58.8 Å². The molecule has 1 heterocycles. The quantitative estimate of drug-likeness (QED) is 0.756. The monoisotopic (exact) mass is 360 g/mol. The van der Waals surface area contributed by atoms with Crippen molar-refractivity contribution in [3.63, 3.8) is 0 Å². The molecule has 4 nitrogen and oxygen atoms in total. The van der Waals surface area contributed by atoms with Gasteiger partial charge in [0.15, 0.2) is 0 Å². The van der Waals surface area contributed by atoms with Crippen LogP contribution in [0, 0.1) is 6.92 Å². The maximum Gasteiger partial charge on any atom is 0.119 e. The largest absolute Gasteiger partial charge is 0.491 e. The predicted molar refractivity (Wildman–Crippen MR) is 90.1 cm³/mol. The summed E-state index contributed by atoms with van der Waals surface area (Å²) in [7, 11) is 0. The minimum absolute atomic E-state index is 0.244. The van der Waals surface area contributed by atoms with Crippen LogP contribution >= 0.6 is 15.9 Å². The van der Waals surface area contributed by atoms with Crippen LogP contribution in [0.15, 0.2) is 53.0 Å². The first-order valence-electron chi connectivity index (χ1n) is 7.12. The Bertz CT molecular complexity index is 768. The fraction of sp³-hybridized carbons (Fsp3) is 0.235. The molecule has 2 aromatic carbocycles. The summed E-state index contributed by atoms with van der Waals surface area (Å²) in [6.45, 7) is 2.65. The molecule has 114 valence electrons. The fourth-order valence-corrected chi connectivity index (χ4v) is 2.68. The van der Waals surface area contributed by atoms with Crippen molar-refractivity contribution in [1.29, 1.82) is 0 Å². The minimum atomic E-state index is -0.597. The molecular formula is C17H17BrN2O2. The first-order chi connectivity index (χ1) is 10.6. The minimum Gasteiger partial charge on any atom is -0.491 e. The number of halogens is 1. The summed E-state index contributed by atoms with van der Waals surface area (Å²) in [6.07, 6.45) is -0.597. The number of nitrogens with zero attached hydrogens (tertiary/aromatic N) is 2. The summed E-state index contributed by atoms with van der Waals surface area (Å²) in [5.41, 5.74) is 1.98. The van der Waals surface area contributed by atoms with Crippen LogP contribution < -0.4 is 4.74 Å². The molecule has 0 saturated heterocycles. The normalized spacial score (nSPS) is 12.5. The van der Waals surface area contributed by atoms with Gasteiger partial charge in [-0.05, 0) is 43.3 Å². The second-order valence-electron chi connectivity index (χ2n) is 5.18. The first-order valence-corrected chi connectivity index (χ1v) is 7.91. The molecule has 3 aromatic rings. The number of rotatable bonds is 5. The lowest BCUT2D eigenvalue weighted by molar-refractivity contribution is 0.0929. The molecule has 22 heavy (non-hydrogen) atoms. The van der Waals surface area contributed by atoms with E-state index in [0.717, 1.165) is 27.1 Å². The predicted octanol–water partition coefficient (Wildman–Crippen LogP) is 3.55. The van der Waals surface area contributed by atoms with Gasteiger partial charge in [-0.2, -0.15) is 0 Å². The molecule has 3 rings (SSSR count). The van der Waals surface area contributed by atoms with E-state index in [4.69, 9.17) is 4.74 Å². The van der Waals surface area contributed by atoms with Crippen LogP contribution in [0.3, 0.4) is 0 Å². The van der Waals surface area contributed by atoms with Gasteiger partial charge in [-0.1, -0.05) is 28.1 Å². The molecule has 5 heteroatoms. The number of hydrogen-bond donors (Lipinski definition) is 1. The van der Waals surface area contributed by atoms with E-state index in [-0.39, 0.29) is 6.61 Å². The van der Waals surface area contributed by atoms with Crippen LogP contribution in [0.1, 0.15) is 5.82 Å². The second kappa shape index (κ2) is 6.50. The van der Waals surface area contributed by atoms with Crippen molar-refractivity contribution in [3.8, 4) is 5.75 Å². The maximum atomic E-state index is 10.2. The molecule has 0 unspecified atom stereocenters. The Kier molecular flexibility index (Phi) is 4.45. The molecule has 0 radical (unpaired) electrons. The van der Waals surface area contributed by atoms with Crippen molar-refractivity contribution in [1.82, 2.24) is 9.55 Å². The number of aliphatic hydroxyl groups is 1. The highest BCUT2D eigenvalue weighted by Crippen LogP contribution is 2.18. The standard InChI is InChI=1S/C17H17BrN2O2/c1-12-19-16-4-2-3-5-17(16)20(12)10-14(21)11-22-15-8-6-13(18)7-9-15/h2-9,14,21H,10-11H2,1H3/t14-/m0/s1. The number of imidazole rings is 1. The third-order valence-electron chi connectivity index (χ3n) is 3.49. The summed E-state index contributed by atoms with van der Waals surface area (Å²) < 4.78 is 8.64. The zero-order chi connectivity index (χ0) is 15.5. The molecule has 0 aliphatic rings. The molecular weight excluding hydrogens is 344 g/mol. The highest BCUT2D eigenvalue weighted by molar-refractivity contribution is 9.10. The Morgan fingerprint density at radius 2 is 1.91 bits per heavy atom. The third-order valence-corrected chi connectivity index (χ3v) is 4.02. The lowest BCUT2D eigenvalue weighted by atomic mass is 10.3. The average molecular weight is 361 g/mol. The average Bonchev–Trinajstić information content (AvgIpc) is 2.83. The SMILES string of the molecule is Cc1nc2ccccc2n1C[C@H](O)COc1ccc(Br)cc1. The molecule has 0 amide bonds. The number of aliphatic hydroxyl groups excluding tert-OH is 1. The van der Waals surface area contributed by atoms with Gasteiger partial charge in [0, 0.05) is 4.47 Å². The van der Waals surface area contributed by atoms with E-state index in [0.29, 0.717) is 6.54 Å². The highest BCUT2D eigenvalue weighted by Gasteiger charge is 2.12. The fourth-order valence-electron chi connectivity index (χ4n) is 2.41. The van der Waals surface area contributed by atoms with E-state index in [1.54, 1.807) is 0 Å². The Labute approximate surface area is 137 Å². The molecule has 0 spiro atoms. The summed E-state index contributed by atoms with van der Waals surface area (Å²) in [5.74, 6) is 1.64. The third kappa shape index (κ3) is 3.31. The van der Waals surface area contributed by atoms with E-state index in [1.165, 1.54) is 0 Å². The van der Waals surface area contributed by atoms with Crippen LogP contribution in [-0.2, 0) is 6.54 Å². The van der Waals surface area contributed by atoms with Gasteiger partial charge in [0.05, 0.1) is 17.6 Å². The van der Waals surface area contributed by atoms with Crippen molar-refractivity contribution in [2.45, 2.75) is 19.6 Å². The van der Waals surface area contributed by atoms with E-state index < -0.39 is 6.10 Å². The molecule has 1 N–H and O–H groups in total. The number of para-hydroxylation sites is 2. The molecule has 1 aromatic heterocycles. The zero-order valence-electron chi connectivity index (χ0n) is 12.2. The van der Waals surface area contributed by atoms with Gasteiger partial charge in [0.2, 0.25) is 0 Å². The number of aromatic nitrogens is 2. The Morgan fingerprint density at radius 3 is 2.68 bits per heavy atom. The smallest absolute Gasteiger partial charge is 0.119 e. The van der Waals surface area contributed by atoms with Crippen molar-refractivity contribution in [2.75, 3.05) is 6.61 Å². The van der Waals surface area contributed by atoms with Gasteiger partial charge in [-0.3, -0.25) is 0 Å². The summed E-state index contributed by atoms with van der Waals surface area (Å²) in [6, 6.07) is 15.5. The van der Waals surface area contributed by atoms with Gasteiger partial charge < -0.3 is 14.4 Å². The topological polar surface area (TPSA) is 47.3 Å². The van der Waals surface area contributed by atoms with Gasteiger partial charge in [-0.15, -0.1) is 0 Å². The van der Waals surface area contributed by atoms with Crippen molar-refractivity contribution >= 4 is 27.0 Å². The van der Waals surface area contributed by atoms with Gasteiger partial charge in [-0.25, -0.2) is 4.98 Å². The Morgan fingerprint density at radius 1 is 1.18 bits per heavy atom. The molecule has 0 saturated carbocycles. The number of hydrogen-bond acceptors (Lipinski definition) is 3. The molecule has 0 fully saturated rings. The van der Waals surface area contributed by atoms with Crippen LogP contribution in [0.5, 0.6) is 5.75 Å². The number of fused-ring (bicyclic) bond motifs is 1. The highest BCUT2D eigenvalue weighted by atomic mass is 79.9. The van der Waals surface area contributed by atoms with Crippen LogP contribution in [0.2, 0.25) is 0 Å². The van der Waals surface area contributed by atoms with E-state index in [1.807, 2.05) is 60.0 Å². The van der Waals surface area contributed by atoms with E-state index in [2.05, 4.69) is 20.9 Å². The Hall–Kier alpha value is -1.85. The summed E-state index contributed by atoms with van der Waals surface area (Å²) in [5, 5.41) is 10.2. The van der Waals surface area contributed by atoms with Crippen LogP contribution in [-0.4, -0.2) is 27.4 Å². The van der Waals surface area contributed by atoms with Crippen LogP contribution in [0.4, 0.5) is 0 Å². The number of ether oxygens (including phenoxy) is 1. The molecule has 0 aliphatic carbocycles. The summed E-state index contributed by atoms with van der Waals surface area (Å²) >= 11 is 3.38. The van der Waals surface area contributed by atoms with Gasteiger partial charge in [0.25, 0.3) is 0 Å². The van der Waals surface area contributed by atoms with E-state index >= 15 is 0 Å². The molecule has 0 bridgehead atoms. The molecule has 0 aliphatic heterocycles. The van der Waals surface area contributed by atoms with Gasteiger partial charge >= 0.3 is 0 Å². The van der Waals surface area contributed by atoms with Crippen molar-refractivity contribution < 1.29 is 9.84 Å². The second-order valence-corrected chi connectivity index (χ2v) is 6.09. The van der Waals surface area contributed by atoms with Crippen molar-refractivity contribution in [2.24, 2.45) is 0 Å². The maximum absolute atomic E-state index is 10.2. The lowest BCUT2D eigenvalue weighted by Gasteiger charge is -2.14. The zero-order valence-corrected chi connectivity index (χ0v) is 13.8. The van der Waals surface area contributed by atoms with Crippen LogP contribution in [0.25, 0.3) is 11.0 Å². The Balaban J connectivity index is 1.67. The molecule has 1 atom stereocenters. The van der Waals surface area contributed by atoms with Gasteiger partial charge in [0.1, 0.15) is 24.3 Å². The number of benzene rings is 2. The van der Waals surface area contributed by atoms with E-state index in [9.17, 15) is 5.11 Å². The lowest BCUT2D eigenvalue weighted by Crippen LogP contribution is -2.24. The summed E-state index contributed by atoms with van der Waals surface area (Å²) in [4.78, 5) is 4.50. The number of aryl methyl sites for hydroxylation is 1. The first kappa shape index (κ1) is 15.1.